The summed E-state index contributed by atoms with van der Waals surface area (Å²) in [6.45, 7) is 0.393. The van der Waals surface area contributed by atoms with Gasteiger partial charge in [0.25, 0.3) is 5.91 Å². The molecule has 0 aliphatic rings. The van der Waals surface area contributed by atoms with Crippen molar-refractivity contribution in [2.75, 3.05) is 13.3 Å². The summed E-state index contributed by atoms with van der Waals surface area (Å²) in [5, 5.41) is 6.79. The first-order valence-electron chi connectivity index (χ1n) is 10.00. The molecular formula is C24H23N3O3S2. The second-order valence-corrected chi connectivity index (χ2v) is 10.8. The highest BCUT2D eigenvalue weighted by atomic mass is 32.2. The highest BCUT2D eigenvalue weighted by molar-refractivity contribution is 7.89. The molecule has 0 saturated carbocycles. The van der Waals surface area contributed by atoms with Crippen LogP contribution in [-0.2, 0) is 22.1 Å². The van der Waals surface area contributed by atoms with Gasteiger partial charge in [-0.25, -0.2) is 13.1 Å². The maximum Gasteiger partial charge on any atom is 0.253 e. The van der Waals surface area contributed by atoms with E-state index >= 15 is 0 Å². The van der Waals surface area contributed by atoms with Crippen LogP contribution in [0.5, 0.6) is 0 Å². The number of aromatic nitrogens is 2. The molecule has 8 heteroatoms. The lowest BCUT2D eigenvalue weighted by molar-refractivity contribution is 0.0785. The molecule has 4 rings (SSSR count). The number of thiophene rings is 1. The molecule has 0 radical (unpaired) electrons. The Morgan fingerprint density at radius 1 is 1.03 bits per heavy atom. The van der Waals surface area contributed by atoms with Gasteiger partial charge in [-0.2, -0.15) is 5.10 Å². The summed E-state index contributed by atoms with van der Waals surface area (Å²) in [6, 6.07) is 20.6. The van der Waals surface area contributed by atoms with Crippen LogP contribution in [0.3, 0.4) is 0 Å². The maximum atomic E-state index is 13.0. The van der Waals surface area contributed by atoms with Gasteiger partial charge in [0.1, 0.15) is 5.69 Å². The molecule has 32 heavy (non-hydrogen) atoms. The zero-order valence-electron chi connectivity index (χ0n) is 17.8. The van der Waals surface area contributed by atoms with Crippen molar-refractivity contribution in [1.82, 2.24) is 14.7 Å². The van der Waals surface area contributed by atoms with Crippen LogP contribution in [0.4, 0.5) is 0 Å². The SMILES string of the molecule is CN(Cc1cn(-c2ccccc2)nc1-c1cccs1)C(=O)c1ccc(CS(C)(=O)=O)cc1. The van der Waals surface area contributed by atoms with E-state index in [2.05, 4.69) is 0 Å². The van der Waals surface area contributed by atoms with Crippen molar-refractivity contribution in [1.29, 1.82) is 0 Å². The van der Waals surface area contributed by atoms with Crippen molar-refractivity contribution in [3.05, 3.63) is 95.0 Å². The minimum absolute atomic E-state index is 0.0415. The lowest BCUT2D eigenvalue weighted by Crippen LogP contribution is -2.26. The first-order valence-corrected chi connectivity index (χ1v) is 12.9. The van der Waals surface area contributed by atoms with Gasteiger partial charge in [-0.1, -0.05) is 36.4 Å². The molecule has 0 atom stereocenters. The molecule has 1 amide bonds. The zero-order chi connectivity index (χ0) is 22.7. The number of nitrogens with zero attached hydrogens (tertiary/aromatic N) is 3. The van der Waals surface area contributed by atoms with Gasteiger partial charge in [-0.05, 0) is 41.3 Å². The van der Waals surface area contributed by atoms with E-state index in [1.807, 2.05) is 58.7 Å². The molecule has 2 heterocycles. The number of amides is 1. The van der Waals surface area contributed by atoms with Crippen LogP contribution >= 0.6 is 11.3 Å². The lowest BCUT2D eigenvalue weighted by Gasteiger charge is -2.17. The second kappa shape index (κ2) is 9.10. The van der Waals surface area contributed by atoms with Crippen LogP contribution in [0.1, 0.15) is 21.5 Å². The Labute approximate surface area is 191 Å². The van der Waals surface area contributed by atoms with Crippen LogP contribution < -0.4 is 0 Å². The fraction of sp³-hybridized carbons (Fsp3) is 0.167. The Hall–Kier alpha value is -3.23. The third-order valence-corrected chi connectivity index (χ3v) is 6.68. The van der Waals surface area contributed by atoms with Crippen molar-refractivity contribution in [2.45, 2.75) is 12.3 Å². The van der Waals surface area contributed by atoms with E-state index in [0.29, 0.717) is 17.7 Å². The molecule has 0 saturated heterocycles. The van der Waals surface area contributed by atoms with Crippen LogP contribution in [0.2, 0.25) is 0 Å². The average molecular weight is 466 g/mol. The van der Waals surface area contributed by atoms with E-state index in [1.54, 1.807) is 47.5 Å². The van der Waals surface area contributed by atoms with Gasteiger partial charge in [0, 0.05) is 37.2 Å². The van der Waals surface area contributed by atoms with Crippen molar-refractivity contribution in [3.63, 3.8) is 0 Å². The summed E-state index contributed by atoms with van der Waals surface area (Å²) in [7, 11) is -1.36. The fourth-order valence-electron chi connectivity index (χ4n) is 3.45. The number of para-hydroxylation sites is 1. The molecule has 0 aliphatic carbocycles. The molecular weight excluding hydrogens is 442 g/mol. The topological polar surface area (TPSA) is 72.3 Å². The highest BCUT2D eigenvalue weighted by Gasteiger charge is 2.18. The molecule has 0 N–H and O–H groups in total. The smallest absolute Gasteiger partial charge is 0.253 e. The summed E-state index contributed by atoms with van der Waals surface area (Å²) in [5.74, 6) is -0.180. The number of benzene rings is 2. The van der Waals surface area contributed by atoms with Gasteiger partial charge >= 0.3 is 0 Å². The fourth-order valence-corrected chi connectivity index (χ4v) is 5.00. The van der Waals surface area contributed by atoms with Crippen molar-refractivity contribution in [3.8, 4) is 16.3 Å². The number of carbonyl (C=O) groups excluding carboxylic acids is 1. The summed E-state index contributed by atoms with van der Waals surface area (Å²) < 4.78 is 24.8. The van der Waals surface area contributed by atoms with Crippen molar-refractivity contribution in [2.24, 2.45) is 0 Å². The largest absolute Gasteiger partial charge is 0.337 e. The van der Waals surface area contributed by atoms with Gasteiger partial charge in [0.05, 0.1) is 16.3 Å². The maximum absolute atomic E-state index is 13.0. The van der Waals surface area contributed by atoms with Gasteiger partial charge in [0.15, 0.2) is 9.84 Å². The van der Waals surface area contributed by atoms with Crippen molar-refractivity contribution >= 4 is 27.1 Å². The monoisotopic (exact) mass is 465 g/mol. The molecule has 0 unspecified atom stereocenters. The van der Waals surface area contributed by atoms with Gasteiger partial charge in [-0.15, -0.1) is 11.3 Å². The Bertz CT molecular complexity index is 1310. The number of rotatable bonds is 7. The van der Waals surface area contributed by atoms with E-state index < -0.39 is 9.84 Å². The zero-order valence-corrected chi connectivity index (χ0v) is 19.4. The second-order valence-electron chi connectivity index (χ2n) is 7.69. The first kappa shape index (κ1) is 22.0. The predicted molar refractivity (Wildman–Crippen MR) is 128 cm³/mol. The number of hydrogen-bond donors (Lipinski definition) is 0. The third kappa shape index (κ3) is 5.15. The Kier molecular flexibility index (Phi) is 6.25. The molecule has 0 spiro atoms. The average Bonchev–Trinajstić information content (AvgIpc) is 3.43. The Morgan fingerprint density at radius 3 is 2.38 bits per heavy atom. The minimum atomic E-state index is -3.12. The molecule has 6 nitrogen and oxygen atoms in total. The van der Waals surface area contributed by atoms with E-state index in [0.717, 1.165) is 21.8 Å². The normalized spacial score (nSPS) is 11.4. The number of sulfone groups is 1. The molecule has 0 fully saturated rings. The Balaban J connectivity index is 1.57. The summed E-state index contributed by atoms with van der Waals surface area (Å²) in [6.07, 6.45) is 3.16. The van der Waals surface area contributed by atoms with Crippen molar-refractivity contribution < 1.29 is 13.2 Å². The van der Waals surface area contributed by atoms with E-state index in [1.165, 1.54) is 6.26 Å². The molecule has 0 bridgehead atoms. The highest BCUT2D eigenvalue weighted by Crippen LogP contribution is 2.28. The lowest BCUT2D eigenvalue weighted by atomic mass is 10.1. The standard InChI is InChI=1S/C24H23N3O3S2/c1-26(24(28)19-12-10-18(11-13-19)17-32(2,29)30)15-20-16-27(21-7-4-3-5-8-21)25-23(20)22-9-6-14-31-22/h3-14,16H,15,17H2,1-2H3. The molecule has 2 aromatic carbocycles. The number of carbonyl (C=O) groups is 1. The van der Waals surface area contributed by atoms with E-state index in [4.69, 9.17) is 5.10 Å². The predicted octanol–water partition coefficient (Wildman–Crippen LogP) is 4.42. The Morgan fingerprint density at radius 2 is 1.75 bits per heavy atom. The van der Waals surface area contributed by atoms with Gasteiger partial charge in [-0.3, -0.25) is 4.79 Å². The van der Waals surface area contributed by atoms with Crippen LogP contribution in [-0.4, -0.2) is 42.3 Å². The summed E-state index contributed by atoms with van der Waals surface area (Å²) in [4.78, 5) is 15.7. The quantitative estimate of drug-likeness (QED) is 0.405. The third-order valence-electron chi connectivity index (χ3n) is 4.95. The molecule has 164 valence electrons. The first-order chi connectivity index (χ1) is 15.3. The summed E-state index contributed by atoms with van der Waals surface area (Å²) in [5.41, 5.74) is 3.92. The van der Waals surface area contributed by atoms with Gasteiger partial charge < -0.3 is 4.90 Å². The van der Waals surface area contributed by atoms with Crippen LogP contribution in [0.25, 0.3) is 16.3 Å². The van der Waals surface area contributed by atoms with E-state index in [-0.39, 0.29) is 11.7 Å². The van der Waals surface area contributed by atoms with E-state index in [9.17, 15) is 13.2 Å². The van der Waals surface area contributed by atoms with Gasteiger partial charge in [0.2, 0.25) is 0 Å². The number of hydrogen-bond acceptors (Lipinski definition) is 5. The molecule has 2 aromatic heterocycles. The summed E-state index contributed by atoms with van der Waals surface area (Å²) >= 11 is 1.61. The van der Waals surface area contributed by atoms with Crippen LogP contribution in [0, 0.1) is 0 Å². The van der Waals surface area contributed by atoms with Crippen LogP contribution in [0.15, 0.2) is 78.3 Å². The molecule has 0 aliphatic heterocycles. The minimum Gasteiger partial charge on any atom is -0.337 e. The molecule has 4 aromatic rings.